The van der Waals surface area contributed by atoms with E-state index in [2.05, 4.69) is 15.2 Å². The lowest BCUT2D eigenvalue weighted by Gasteiger charge is -2.20. The monoisotopic (exact) mass is 231 g/mol. The van der Waals surface area contributed by atoms with Crippen molar-refractivity contribution in [1.82, 2.24) is 15.2 Å². The lowest BCUT2D eigenvalue weighted by molar-refractivity contribution is 0.0216. The molecule has 17 heavy (non-hydrogen) atoms. The van der Waals surface area contributed by atoms with E-state index in [0.29, 0.717) is 6.42 Å². The molecule has 0 saturated heterocycles. The van der Waals surface area contributed by atoms with E-state index in [1.165, 1.54) is 0 Å². The summed E-state index contributed by atoms with van der Waals surface area (Å²) in [5.41, 5.74) is 0.790. The van der Waals surface area contributed by atoms with Gasteiger partial charge in [-0.25, -0.2) is 4.98 Å². The van der Waals surface area contributed by atoms with Crippen LogP contribution in [0.2, 0.25) is 0 Å². The summed E-state index contributed by atoms with van der Waals surface area (Å²) in [5, 5.41) is 7.17. The molecule has 2 rings (SSSR count). The maximum absolute atomic E-state index is 5.37. The molecule has 0 aliphatic rings. The van der Waals surface area contributed by atoms with Gasteiger partial charge in [0, 0.05) is 19.1 Å². The topological polar surface area (TPSA) is 50.8 Å². The number of methoxy groups -OCH3 is 1. The van der Waals surface area contributed by atoms with Gasteiger partial charge in [0.05, 0.1) is 5.60 Å². The van der Waals surface area contributed by atoms with Gasteiger partial charge in [-0.05, 0) is 13.8 Å². The van der Waals surface area contributed by atoms with E-state index in [4.69, 9.17) is 4.74 Å². The maximum Gasteiger partial charge on any atom is 0.181 e. The molecule has 4 nitrogen and oxygen atoms in total. The van der Waals surface area contributed by atoms with Crippen molar-refractivity contribution < 1.29 is 4.74 Å². The molecule has 0 amide bonds. The lowest BCUT2D eigenvalue weighted by atomic mass is 10.1. The second kappa shape index (κ2) is 4.67. The second-order valence-electron chi connectivity index (χ2n) is 4.61. The zero-order valence-corrected chi connectivity index (χ0v) is 10.4. The molecule has 4 heteroatoms. The van der Waals surface area contributed by atoms with Crippen molar-refractivity contribution >= 4 is 0 Å². The van der Waals surface area contributed by atoms with Crippen LogP contribution in [0, 0.1) is 0 Å². The van der Waals surface area contributed by atoms with E-state index >= 15 is 0 Å². The minimum atomic E-state index is -0.229. The molecule has 0 unspecified atom stereocenters. The number of nitrogens with zero attached hydrogens (tertiary/aromatic N) is 2. The Bertz CT molecular complexity index is 476. The zero-order chi connectivity index (χ0) is 12.3. The Kier molecular flexibility index (Phi) is 3.24. The number of hydrogen-bond donors (Lipinski definition) is 1. The number of rotatable bonds is 4. The summed E-state index contributed by atoms with van der Waals surface area (Å²) in [7, 11) is 1.70. The summed E-state index contributed by atoms with van der Waals surface area (Å²) in [4.78, 5) is 4.47. The van der Waals surface area contributed by atoms with Crippen LogP contribution in [0.25, 0.3) is 11.4 Å². The molecule has 0 atom stereocenters. The molecule has 0 radical (unpaired) electrons. The fraction of sp³-hybridized carbons (Fsp3) is 0.385. The van der Waals surface area contributed by atoms with E-state index < -0.39 is 0 Å². The third-order valence-corrected chi connectivity index (χ3v) is 2.71. The van der Waals surface area contributed by atoms with E-state index in [1.807, 2.05) is 44.2 Å². The lowest BCUT2D eigenvalue weighted by Crippen LogP contribution is -2.26. The highest BCUT2D eigenvalue weighted by molar-refractivity contribution is 5.53. The smallest absolute Gasteiger partial charge is 0.181 e. The molecule has 0 fully saturated rings. The van der Waals surface area contributed by atoms with Gasteiger partial charge in [-0.3, -0.25) is 5.10 Å². The first-order valence-electron chi connectivity index (χ1n) is 5.62. The Morgan fingerprint density at radius 3 is 2.59 bits per heavy atom. The van der Waals surface area contributed by atoms with Crippen molar-refractivity contribution in [3.8, 4) is 11.4 Å². The van der Waals surface area contributed by atoms with Gasteiger partial charge in [-0.2, -0.15) is 5.10 Å². The van der Waals surface area contributed by atoms with Crippen molar-refractivity contribution in [2.75, 3.05) is 7.11 Å². The van der Waals surface area contributed by atoms with Crippen LogP contribution >= 0.6 is 0 Å². The number of aromatic nitrogens is 3. The minimum Gasteiger partial charge on any atom is -0.378 e. The molecule has 2 aromatic rings. The number of benzene rings is 1. The number of ether oxygens (including phenoxy) is 1. The SMILES string of the molecule is COC(C)(C)Cc1nc(-c2ccccc2)n[nH]1. The van der Waals surface area contributed by atoms with Crippen LogP contribution in [0.3, 0.4) is 0 Å². The molecular formula is C13H17N3O. The van der Waals surface area contributed by atoms with Crippen molar-refractivity contribution in [2.45, 2.75) is 25.9 Å². The van der Waals surface area contributed by atoms with Crippen LogP contribution in [0.15, 0.2) is 30.3 Å². The molecule has 1 N–H and O–H groups in total. The van der Waals surface area contributed by atoms with Crippen LogP contribution in [-0.4, -0.2) is 27.9 Å². The van der Waals surface area contributed by atoms with Gasteiger partial charge in [0.15, 0.2) is 5.82 Å². The first-order chi connectivity index (χ1) is 8.11. The Morgan fingerprint density at radius 1 is 1.24 bits per heavy atom. The largest absolute Gasteiger partial charge is 0.378 e. The second-order valence-corrected chi connectivity index (χ2v) is 4.61. The van der Waals surface area contributed by atoms with E-state index in [-0.39, 0.29) is 5.60 Å². The average Bonchev–Trinajstić information content (AvgIpc) is 2.78. The van der Waals surface area contributed by atoms with E-state index in [1.54, 1.807) is 7.11 Å². The molecule has 0 aliphatic carbocycles. The molecule has 1 aromatic carbocycles. The van der Waals surface area contributed by atoms with Gasteiger partial charge in [0.1, 0.15) is 5.82 Å². The van der Waals surface area contributed by atoms with Crippen LogP contribution in [-0.2, 0) is 11.2 Å². The Hall–Kier alpha value is -1.68. The summed E-state index contributed by atoms with van der Waals surface area (Å²) in [6.07, 6.45) is 0.712. The zero-order valence-electron chi connectivity index (χ0n) is 10.4. The first-order valence-corrected chi connectivity index (χ1v) is 5.62. The summed E-state index contributed by atoms with van der Waals surface area (Å²) >= 11 is 0. The highest BCUT2D eigenvalue weighted by Crippen LogP contribution is 2.17. The van der Waals surface area contributed by atoms with Gasteiger partial charge in [0.25, 0.3) is 0 Å². The van der Waals surface area contributed by atoms with Crippen LogP contribution in [0.1, 0.15) is 19.7 Å². The van der Waals surface area contributed by atoms with Crippen LogP contribution in [0.5, 0.6) is 0 Å². The predicted molar refractivity (Wildman–Crippen MR) is 66.6 cm³/mol. The maximum atomic E-state index is 5.37. The molecule has 90 valence electrons. The fourth-order valence-electron chi connectivity index (χ4n) is 1.57. The normalized spacial score (nSPS) is 11.7. The summed E-state index contributed by atoms with van der Waals surface area (Å²) in [5.74, 6) is 1.57. The number of nitrogens with one attached hydrogen (secondary N) is 1. The highest BCUT2D eigenvalue weighted by atomic mass is 16.5. The van der Waals surface area contributed by atoms with Crippen molar-refractivity contribution in [1.29, 1.82) is 0 Å². The molecule has 0 spiro atoms. The quantitative estimate of drug-likeness (QED) is 0.879. The van der Waals surface area contributed by atoms with E-state index in [9.17, 15) is 0 Å². The van der Waals surface area contributed by atoms with Gasteiger partial charge >= 0.3 is 0 Å². The van der Waals surface area contributed by atoms with Crippen molar-refractivity contribution in [3.63, 3.8) is 0 Å². The number of H-pyrrole nitrogens is 1. The first kappa shape index (κ1) is 11.8. The van der Waals surface area contributed by atoms with Crippen LogP contribution < -0.4 is 0 Å². The molecule has 1 heterocycles. The van der Waals surface area contributed by atoms with Crippen LogP contribution in [0.4, 0.5) is 0 Å². The Morgan fingerprint density at radius 2 is 1.94 bits per heavy atom. The minimum absolute atomic E-state index is 0.229. The number of hydrogen-bond acceptors (Lipinski definition) is 3. The Labute approximate surface area is 101 Å². The fourth-order valence-corrected chi connectivity index (χ4v) is 1.57. The summed E-state index contributed by atoms with van der Waals surface area (Å²) < 4.78 is 5.37. The predicted octanol–water partition coefficient (Wildman–Crippen LogP) is 2.44. The molecule has 0 aliphatic heterocycles. The average molecular weight is 231 g/mol. The molecule has 0 bridgehead atoms. The van der Waals surface area contributed by atoms with Gasteiger partial charge in [-0.15, -0.1) is 0 Å². The summed E-state index contributed by atoms with van der Waals surface area (Å²) in [6, 6.07) is 9.92. The van der Waals surface area contributed by atoms with Gasteiger partial charge in [-0.1, -0.05) is 30.3 Å². The third kappa shape index (κ3) is 2.91. The molecule has 0 saturated carbocycles. The molecular weight excluding hydrogens is 214 g/mol. The Balaban J connectivity index is 2.17. The highest BCUT2D eigenvalue weighted by Gasteiger charge is 2.19. The van der Waals surface area contributed by atoms with Crippen molar-refractivity contribution in [3.05, 3.63) is 36.2 Å². The van der Waals surface area contributed by atoms with Gasteiger partial charge in [0.2, 0.25) is 0 Å². The van der Waals surface area contributed by atoms with Crippen molar-refractivity contribution in [2.24, 2.45) is 0 Å². The van der Waals surface area contributed by atoms with Gasteiger partial charge < -0.3 is 4.74 Å². The molecule has 1 aromatic heterocycles. The number of aromatic amines is 1. The standard InChI is InChI=1S/C13H17N3O/c1-13(2,17-3)9-11-14-12(16-15-11)10-7-5-4-6-8-10/h4-8H,9H2,1-3H3,(H,14,15,16). The third-order valence-electron chi connectivity index (χ3n) is 2.71. The van der Waals surface area contributed by atoms with E-state index in [0.717, 1.165) is 17.2 Å². The summed E-state index contributed by atoms with van der Waals surface area (Å²) in [6.45, 7) is 4.05.